The molecule has 0 saturated heterocycles. The van der Waals surface area contributed by atoms with Crippen LogP contribution in [0, 0.1) is 6.92 Å². The quantitative estimate of drug-likeness (QED) is 0.228. The van der Waals surface area contributed by atoms with E-state index in [1.165, 1.54) is 38.7 Å². The van der Waals surface area contributed by atoms with E-state index in [1.54, 1.807) is 31.2 Å². The summed E-state index contributed by atoms with van der Waals surface area (Å²) in [5.41, 5.74) is -1.15. The lowest BCUT2D eigenvalue weighted by atomic mass is 9.92. The van der Waals surface area contributed by atoms with Gasteiger partial charge in [0, 0.05) is 14.2 Å². The largest absolute Gasteiger partial charge is 0.382 e. The van der Waals surface area contributed by atoms with E-state index in [1.807, 2.05) is 6.07 Å². The van der Waals surface area contributed by atoms with E-state index >= 15 is 0 Å². The molecule has 0 aliphatic heterocycles. The number of carbonyl (C=O) groups excluding carboxylic acids is 4. The SMILES string of the molecule is COCC(NC(=O)c1cnc(C)s1)C(=O)NC(COC)C(=O)NC(Cc1ccccc1)C(=O)C(C)(O)CCl. The number of thiazole rings is 1. The van der Waals surface area contributed by atoms with E-state index < -0.39 is 47.2 Å². The Bertz CT molecular complexity index is 1100. The van der Waals surface area contributed by atoms with Crippen LogP contribution < -0.4 is 16.0 Å². The first-order chi connectivity index (χ1) is 18.0. The Morgan fingerprint density at radius 3 is 2.05 bits per heavy atom. The number of aromatic nitrogens is 1. The third-order valence-electron chi connectivity index (χ3n) is 5.47. The summed E-state index contributed by atoms with van der Waals surface area (Å²) in [5, 5.41) is 18.9. The van der Waals surface area contributed by atoms with Crippen LogP contribution in [0.3, 0.4) is 0 Å². The Kier molecular flexibility index (Phi) is 12.3. The molecule has 1 aromatic heterocycles. The highest BCUT2D eigenvalue weighted by atomic mass is 35.5. The second-order valence-electron chi connectivity index (χ2n) is 8.76. The van der Waals surface area contributed by atoms with Crippen LogP contribution in [0.15, 0.2) is 36.5 Å². The Labute approximate surface area is 230 Å². The zero-order valence-electron chi connectivity index (χ0n) is 21.7. The number of hydrogen-bond donors (Lipinski definition) is 4. The predicted octanol–water partition coefficient (Wildman–Crippen LogP) is 0.614. The third kappa shape index (κ3) is 9.14. The van der Waals surface area contributed by atoms with Crippen LogP contribution >= 0.6 is 22.9 Å². The molecule has 208 valence electrons. The number of ketones is 1. The topological polar surface area (TPSA) is 156 Å². The van der Waals surface area contributed by atoms with E-state index in [2.05, 4.69) is 20.9 Å². The third-order valence-corrected chi connectivity index (χ3v) is 6.91. The van der Waals surface area contributed by atoms with Gasteiger partial charge in [-0.05, 0) is 25.8 Å². The molecule has 3 amide bonds. The van der Waals surface area contributed by atoms with E-state index in [4.69, 9.17) is 21.1 Å². The first-order valence-electron chi connectivity index (χ1n) is 11.7. The monoisotopic (exact) mass is 568 g/mol. The first-order valence-corrected chi connectivity index (χ1v) is 13.1. The minimum absolute atomic E-state index is 0.0860. The Morgan fingerprint density at radius 1 is 1.00 bits per heavy atom. The van der Waals surface area contributed by atoms with Crippen LogP contribution in [-0.2, 0) is 30.3 Å². The Balaban J connectivity index is 2.18. The van der Waals surface area contributed by atoms with Crippen molar-refractivity contribution in [1.29, 1.82) is 0 Å². The molecule has 1 heterocycles. The second kappa shape index (κ2) is 14.9. The van der Waals surface area contributed by atoms with Crippen LogP contribution in [-0.4, -0.2) is 90.6 Å². The highest BCUT2D eigenvalue weighted by Crippen LogP contribution is 2.15. The summed E-state index contributed by atoms with van der Waals surface area (Å²) in [5.74, 6) is -2.99. The van der Waals surface area contributed by atoms with Gasteiger partial charge >= 0.3 is 0 Å². The number of hydrogen-bond acceptors (Lipinski definition) is 9. The number of aryl methyl sites for hydroxylation is 1. The first kappa shape index (κ1) is 31.3. The van der Waals surface area contributed by atoms with Gasteiger partial charge in [0.1, 0.15) is 22.6 Å². The number of alkyl halides is 1. The summed E-state index contributed by atoms with van der Waals surface area (Å²) in [4.78, 5) is 56.2. The van der Waals surface area contributed by atoms with E-state index in [0.29, 0.717) is 9.88 Å². The number of aliphatic hydroxyl groups is 1. The van der Waals surface area contributed by atoms with Gasteiger partial charge in [0.25, 0.3) is 5.91 Å². The summed E-state index contributed by atoms with van der Waals surface area (Å²) in [7, 11) is 2.71. The number of halogens is 1. The van der Waals surface area contributed by atoms with Crippen molar-refractivity contribution in [2.45, 2.75) is 44.0 Å². The number of carbonyl (C=O) groups is 4. The van der Waals surface area contributed by atoms with Gasteiger partial charge in [-0.25, -0.2) is 4.98 Å². The average molecular weight is 569 g/mol. The fraction of sp³-hybridized carbons (Fsp3) is 0.480. The fourth-order valence-corrected chi connectivity index (χ4v) is 4.25. The van der Waals surface area contributed by atoms with Gasteiger partial charge in [0.05, 0.1) is 36.3 Å². The van der Waals surface area contributed by atoms with Crippen molar-refractivity contribution in [3.63, 3.8) is 0 Å². The summed E-state index contributed by atoms with van der Waals surface area (Å²) in [6.45, 7) is 2.63. The van der Waals surface area contributed by atoms with Crippen molar-refractivity contribution in [2.24, 2.45) is 0 Å². The lowest BCUT2D eigenvalue weighted by molar-refractivity contribution is -0.139. The zero-order valence-corrected chi connectivity index (χ0v) is 23.2. The molecular weight excluding hydrogens is 536 g/mol. The number of methoxy groups -OCH3 is 2. The fourth-order valence-electron chi connectivity index (χ4n) is 3.44. The number of Topliss-reactive ketones (excluding diaryl/α,β-unsaturated/α-hetero) is 1. The summed E-state index contributed by atoms with van der Waals surface area (Å²) in [6, 6.07) is 5.44. The van der Waals surface area contributed by atoms with Gasteiger partial charge in [-0.2, -0.15) is 0 Å². The van der Waals surface area contributed by atoms with Crippen molar-refractivity contribution >= 4 is 46.4 Å². The van der Waals surface area contributed by atoms with Gasteiger partial charge < -0.3 is 30.5 Å². The minimum Gasteiger partial charge on any atom is -0.382 e. The summed E-state index contributed by atoms with van der Waals surface area (Å²) < 4.78 is 10.2. The van der Waals surface area contributed by atoms with Gasteiger partial charge in [0.15, 0.2) is 5.78 Å². The molecule has 0 aliphatic carbocycles. The standard InChI is InChI=1S/C25H33ClN4O7S/c1-15-27-11-20(38-15)24(34)30-19(13-37-4)23(33)29-18(12-36-3)22(32)28-17(21(31)25(2,35)14-26)10-16-8-6-5-7-9-16/h5-9,11,17-19,35H,10,12-14H2,1-4H3,(H,28,32)(H,29,33)(H,30,34). The predicted molar refractivity (Wildman–Crippen MR) is 142 cm³/mol. The second-order valence-corrected chi connectivity index (χ2v) is 10.3. The van der Waals surface area contributed by atoms with Gasteiger partial charge in [-0.15, -0.1) is 22.9 Å². The summed E-state index contributed by atoms with van der Waals surface area (Å²) >= 11 is 6.96. The van der Waals surface area contributed by atoms with Crippen molar-refractivity contribution in [1.82, 2.24) is 20.9 Å². The molecule has 0 bridgehead atoms. The number of ether oxygens (including phenoxy) is 2. The maximum absolute atomic E-state index is 13.2. The van der Waals surface area contributed by atoms with Crippen molar-refractivity contribution < 1.29 is 33.8 Å². The molecule has 38 heavy (non-hydrogen) atoms. The molecular formula is C25H33ClN4O7S. The molecule has 0 radical (unpaired) electrons. The number of rotatable bonds is 15. The minimum atomic E-state index is -1.89. The van der Waals surface area contributed by atoms with Crippen LogP contribution in [0.1, 0.15) is 27.2 Å². The molecule has 11 nitrogen and oxygen atoms in total. The highest BCUT2D eigenvalue weighted by Gasteiger charge is 2.37. The molecule has 0 fully saturated rings. The lowest BCUT2D eigenvalue weighted by Gasteiger charge is -2.28. The molecule has 4 N–H and O–H groups in total. The van der Waals surface area contributed by atoms with Crippen molar-refractivity contribution in [3.05, 3.63) is 52.0 Å². The van der Waals surface area contributed by atoms with E-state index in [0.717, 1.165) is 5.56 Å². The van der Waals surface area contributed by atoms with Crippen LogP contribution in [0.5, 0.6) is 0 Å². The zero-order chi connectivity index (χ0) is 28.3. The molecule has 2 rings (SSSR count). The van der Waals surface area contributed by atoms with E-state index in [-0.39, 0.29) is 25.5 Å². The molecule has 2 aromatic rings. The van der Waals surface area contributed by atoms with E-state index in [9.17, 15) is 24.3 Å². The normalized spacial score (nSPS) is 15.0. The molecule has 4 atom stereocenters. The highest BCUT2D eigenvalue weighted by molar-refractivity contribution is 7.13. The maximum Gasteiger partial charge on any atom is 0.263 e. The lowest BCUT2D eigenvalue weighted by Crippen LogP contribution is -2.60. The number of nitrogens with one attached hydrogen (secondary N) is 3. The van der Waals surface area contributed by atoms with Gasteiger partial charge in [-0.1, -0.05) is 30.3 Å². The molecule has 0 saturated carbocycles. The average Bonchev–Trinajstić information content (AvgIpc) is 3.34. The van der Waals surface area contributed by atoms with Gasteiger partial charge in [-0.3, -0.25) is 19.2 Å². The Hall–Kier alpha value is -2.90. The molecule has 13 heteroatoms. The number of benzene rings is 1. The number of amides is 3. The maximum atomic E-state index is 13.2. The van der Waals surface area contributed by atoms with Crippen LogP contribution in [0.4, 0.5) is 0 Å². The van der Waals surface area contributed by atoms with Crippen LogP contribution in [0.25, 0.3) is 0 Å². The molecule has 4 unspecified atom stereocenters. The van der Waals surface area contributed by atoms with Gasteiger partial charge in [0.2, 0.25) is 11.8 Å². The number of nitrogens with zero attached hydrogens (tertiary/aromatic N) is 1. The van der Waals surface area contributed by atoms with Crippen molar-refractivity contribution in [3.8, 4) is 0 Å². The molecule has 0 spiro atoms. The van der Waals surface area contributed by atoms with Crippen molar-refractivity contribution in [2.75, 3.05) is 33.3 Å². The smallest absolute Gasteiger partial charge is 0.263 e. The molecule has 0 aliphatic rings. The molecule has 1 aromatic carbocycles. The van der Waals surface area contributed by atoms with Crippen LogP contribution in [0.2, 0.25) is 0 Å². The Morgan fingerprint density at radius 2 is 1.55 bits per heavy atom. The summed E-state index contributed by atoms with van der Waals surface area (Å²) in [6.07, 6.45) is 1.49.